The van der Waals surface area contributed by atoms with Crippen molar-refractivity contribution in [2.24, 2.45) is 0 Å². The first kappa shape index (κ1) is 19.4. The van der Waals surface area contributed by atoms with Gasteiger partial charge in [0.05, 0.1) is 17.7 Å². The molecule has 3 heterocycles. The number of H-pyrrole nitrogens is 1. The van der Waals surface area contributed by atoms with Gasteiger partial charge in [0.1, 0.15) is 5.76 Å². The van der Waals surface area contributed by atoms with Gasteiger partial charge in [-0.05, 0) is 55.3 Å². The number of furan rings is 1. The lowest BCUT2D eigenvalue weighted by Gasteiger charge is -2.32. The molecule has 29 heavy (non-hydrogen) atoms. The number of hydrogen-bond donors (Lipinski definition) is 2. The molecule has 1 fully saturated rings. The van der Waals surface area contributed by atoms with Gasteiger partial charge in [-0.25, -0.2) is 13.1 Å². The zero-order chi connectivity index (χ0) is 20.3. The summed E-state index contributed by atoms with van der Waals surface area (Å²) < 4.78 is 32.5. The van der Waals surface area contributed by atoms with Crippen LogP contribution in [0, 0.1) is 0 Å². The van der Waals surface area contributed by atoms with E-state index in [1.165, 1.54) is 18.4 Å². The summed E-state index contributed by atoms with van der Waals surface area (Å²) in [6.45, 7) is 1.37. The molecule has 4 rings (SSSR count). The van der Waals surface area contributed by atoms with Crippen molar-refractivity contribution < 1.29 is 17.6 Å². The minimum atomic E-state index is -3.69. The minimum Gasteiger partial charge on any atom is -0.468 e. The number of rotatable bonds is 6. The smallest absolute Gasteiger partial charge is 0.253 e. The zero-order valence-electron chi connectivity index (χ0n) is 15.7. The van der Waals surface area contributed by atoms with E-state index in [1.807, 2.05) is 11.0 Å². The van der Waals surface area contributed by atoms with Crippen molar-refractivity contribution in [2.75, 3.05) is 13.1 Å². The van der Waals surface area contributed by atoms with Gasteiger partial charge in [-0.1, -0.05) is 0 Å². The third-order valence-electron chi connectivity index (χ3n) is 5.10. The molecule has 1 atom stereocenters. The van der Waals surface area contributed by atoms with E-state index in [1.54, 1.807) is 30.5 Å². The number of benzene rings is 1. The number of piperidine rings is 1. The molecule has 0 bridgehead atoms. The van der Waals surface area contributed by atoms with Crippen molar-refractivity contribution in [3.63, 3.8) is 0 Å². The number of aromatic nitrogens is 2. The highest BCUT2D eigenvalue weighted by Crippen LogP contribution is 2.26. The van der Waals surface area contributed by atoms with E-state index in [0.717, 1.165) is 18.5 Å². The molecule has 9 heteroatoms. The highest BCUT2D eigenvalue weighted by atomic mass is 32.2. The maximum atomic E-state index is 12.9. The van der Waals surface area contributed by atoms with Crippen LogP contribution in [0.15, 0.2) is 64.2 Å². The summed E-state index contributed by atoms with van der Waals surface area (Å²) >= 11 is 0. The van der Waals surface area contributed by atoms with Crippen LogP contribution in [-0.4, -0.2) is 42.5 Å². The number of likely N-dealkylation sites (tertiary alicyclic amines) is 1. The Hall–Kier alpha value is -2.91. The average molecular weight is 414 g/mol. The molecule has 1 unspecified atom stereocenters. The van der Waals surface area contributed by atoms with Crippen LogP contribution in [0.4, 0.5) is 0 Å². The van der Waals surface area contributed by atoms with Crippen LogP contribution in [0.3, 0.4) is 0 Å². The number of carbonyl (C=O) groups excluding carboxylic acids is 1. The minimum absolute atomic E-state index is 0.0682. The first-order valence-corrected chi connectivity index (χ1v) is 10.9. The molecule has 1 aliphatic rings. The summed E-state index contributed by atoms with van der Waals surface area (Å²) in [4.78, 5) is 14.8. The van der Waals surface area contributed by atoms with Crippen LogP contribution in [0.5, 0.6) is 0 Å². The van der Waals surface area contributed by atoms with Crippen molar-refractivity contribution in [3.05, 3.63) is 71.9 Å². The van der Waals surface area contributed by atoms with Crippen LogP contribution in [0.1, 0.15) is 40.6 Å². The van der Waals surface area contributed by atoms with Crippen LogP contribution < -0.4 is 4.72 Å². The Morgan fingerprint density at radius 2 is 2.07 bits per heavy atom. The largest absolute Gasteiger partial charge is 0.468 e. The Morgan fingerprint density at radius 1 is 1.24 bits per heavy atom. The summed E-state index contributed by atoms with van der Waals surface area (Å²) in [6.07, 6.45) is 5.12. The van der Waals surface area contributed by atoms with Gasteiger partial charge in [0.2, 0.25) is 10.0 Å². The quantitative estimate of drug-likeness (QED) is 0.644. The van der Waals surface area contributed by atoms with E-state index in [2.05, 4.69) is 14.9 Å². The highest BCUT2D eigenvalue weighted by Gasteiger charge is 2.26. The van der Waals surface area contributed by atoms with Crippen molar-refractivity contribution >= 4 is 15.9 Å². The fraction of sp³-hybridized carbons (Fsp3) is 0.300. The molecular weight excluding hydrogens is 392 g/mol. The molecule has 2 aromatic heterocycles. The molecular formula is C20H22N4O4S. The first-order chi connectivity index (χ1) is 14.0. The number of sulfonamides is 1. The van der Waals surface area contributed by atoms with Gasteiger partial charge in [0.25, 0.3) is 5.91 Å². The van der Waals surface area contributed by atoms with Gasteiger partial charge in [-0.2, -0.15) is 5.10 Å². The number of carbonyl (C=O) groups is 1. The SMILES string of the molecule is O=C(c1ccc(S(=O)(=O)NCc2ccco2)cc1)N1CCCC(c2ccn[nH]2)C1. The fourth-order valence-electron chi connectivity index (χ4n) is 3.53. The Bertz CT molecular complexity index is 1040. The van der Waals surface area contributed by atoms with E-state index < -0.39 is 10.0 Å². The lowest BCUT2D eigenvalue weighted by atomic mass is 9.94. The third kappa shape index (κ3) is 4.41. The molecule has 0 spiro atoms. The van der Waals surface area contributed by atoms with Crippen molar-refractivity contribution in [1.29, 1.82) is 0 Å². The molecule has 8 nitrogen and oxygen atoms in total. The molecule has 1 saturated heterocycles. The number of nitrogens with zero attached hydrogens (tertiary/aromatic N) is 2. The average Bonchev–Trinajstić information content (AvgIpc) is 3.46. The Morgan fingerprint density at radius 3 is 2.76 bits per heavy atom. The third-order valence-corrected chi connectivity index (χ3v) is 6.52. The summed E-state index contributed by atoms with van der Waals surface area (Å²) in [6, 6.07) is 11.4. The molecule has 1 aromatic carbocycles. The second kappa shape index (κ2) is 8.22. The van der Waals surface area contributed by atoms with E-state index in [0.29, 0.717) is 24.4 Å². The second-order valence-corrected chi connectivity index (χ2v) is 8.80. The van der Waals surface area contributed by atoms with E-state index >= 15 is 0 Å². The van der Waals surface area contributed by atoms with Gasteiger partial charge in [-0.15, -0.1) is 0 Å². The standard InChI is InChI=1S/C20H22N4O4S/c25-20(24-11-1-3-16(14-24)19-9-10-21-23-19)15-5-7-18(8-6-15)29(26,27)22-13-17-4-2-12-28-17/h2,4-10,12,16,22H,1,3,11,13-14H2,(H,21,23). The highest BCUT2D eigenvalue weighted by molar-refractivity contribution is 7.89. The van der Waals surface area contributed by atoms with Crippen molar-refractivity contribution in [1.82, 2.24) is 19.8 Å². The van der Waals surface area contributed by atoms with Gasteiger partial charge >= 0.3 is 0 Å². The maximum absolute atomic E-state index is 12.9. The number of aromatic amines is 1. The fourth-order valence-corrected chi connectivity index (χ4v) is 4.52. The van der Waals surface area contributed by atoms with Crippen LogP contribution in [-0.2, 0) is 16.6 Å². The van der Waals surface area contributed by atoms with Gasteiger partial charge in [0, 0.05) is 36.5 Å². The molecule has 152 valence electrons. The predicted molar refractivity (Wildman–Crippen MR) is 106 cm³/mol. The normalized spacial score (nSPS) is 17.4. The Labute approximate surface area is 169 Å². The van der Waals surface area contributed by atoms with E-state index in [9.17, 15) is 13.2 Å². The predicted octanol–water partition coefficient (Wildman–Crippen LogP) is 2.50. The van der Waals surface area contributed by atoms with Crippen LogP contribution >= 0.6 is 0 Å². The topological polar surface area (TPSA) is 108 Å². The lowest BCUT2D eigenvalue weighted by molar-refractivity contribution is 0.0705. The Kier molecular flexibility index (Phi) is 5.50. The van der Waals surface area contributed by atoms with E-state index in [-0.39, 0.29) is 23.3 Å². The molecule has 3 aromatic rings. The summed E-state index contributed by atoms with van der Waals surface area (Å²) in [7, 11) is -3.69. The summed E-state index contributed by atoms with van der Waals surface area (Å²) in [5.74, 6) is 0.666. The molecule has 2 N–H and O–H groups in total. The molecule has 1 aliphatic heterocycles. The number of amides is 1. The molecule has 0 aliphatic carbocycles. The number of nitrogens with one attached hydrogen (secondary N) is 2. The Balaban J connectivity index is 1.42. The van der Waals surface area contributed by atoms with Crippen LogP contribution in [0.25, 0.3) is 0 Å². The molecule has 0 radical (unpaired) electrons. The molecule has 0 saturated carbocycles. The number of hydrogen-bond acceptors (Lipinski definition) is 5. The van der Waals surface area contributed by atoms with Gasteiger partial charge in [0.15, 0.2) is 0 Å². The van der Waals surface area contributed by atoms with Gasteiger partial charge in [-0.3, -0.25) is 9.89 Å². The van der Waals surface area contributed by atoms with Crippen LogP contribution in [0.2, 0.25) is 0 Å². The first-order valence-electron chi connectivity index (χ1n) is 9.43. The van der Waals surface area contributed by atoms with E-state index in [4.69, 9.17) is 4.42 Å². The maximum Gasteiger partial charge on any atom is 0.253 e. The second-order valence-electron chi connectivity index (χ2n) is 7.03. The van der Waals surface area contributed by atoms with Crippen molar-refractivity contribution in [3.8, 4) is 0 Å². The summed E-state index contributed by atoms with van der Waals surface area (Å²) in [5, 5.41) is 6.98. The lowest BCUT2D eigenvalue weighted by Crippen LogP contribution is -2.39. The van der Waals surface area contributed by atoms with Gasteiger partial charge < -0.3 is 9.32 Å². The monoisotopic (exact) mass is 414 g/mol. The van der Waals surface area contributed by atoms with Crippen molar-refractivity contribution in [2.45, 2.75) is 30.2 Å². The molecule has 1 amide bonds. The summed E-state index contributed by atoms with van der Waals surface area (Å²) in [5.41, 5.74) is 1.51. The zero-order valence-corrected chi connectivity index (χ0v) is 16.6.